The van der Waals surface area contributed by atoms with Gasteiger partial charge in [0.15, 0.2) is 5.78 Å². The van der Waals surface area contributed by atoms with Crippen LogP contribution in [0.4, 0.5) is 5.69 Å². The van der Waals surface area contributed by atoms with Crippen LogP contribution in [-0.2, 0) is 0 Å². The van der Waals surface area contributed by atoms with E-state index >= 15 is 0 Å². The average Bonchev–Trinajstić information content (AvgIpc) is 3.11. The minimum atomic E-state index is 0.0161. The maximum absolute atomic E-state index is 13.2. The largest absolute Gasteiger partial charge is 0.492 e. The lowest BCUT2D eigenvalue weighted by molar-refractivity contribution is 0.104. The Morgan fingerprint density at radius 1 is 0.697 bits per heavy atom. The molecule has 2 aromatic rings. The van der Waals surface area contributed by atoms with Crippen molar-refractivity contribution in [2.75, 3.05) is 58.2 Å². The summed E-state index contributed by atoms with van der Waals surface area (Å²) in [6, 6.07) is 9.51. The lowest BCUT2D eigenvalue weighted by atomic mass is 10.0. The minimum Gasteiger partial charge on any atom is -0.492 e. The summed E-state index contributed by atoms with van der Waals surface area (Å²) in [5.41, 5.74) is 10.0. The van der Waals surface area contributed by atoms with Crippen molar-refractivity contribution in [2.45, 2.75) is 38.5 Å². The van der Waals surface area contributed by atoms with Gasteiger partial charge in [0, 0.05) is 24.2 Å². The highest BCUT2D eigenvalue weighted by molar-refractivity contribution is 6.22. The first-order valence-corrected chi connectivity index (χ1v) is 12.5. The van der Waals surface area contributed by atoms with E-state index in [1.54, 1.807) is 0 Å². The number of carbonyl (C=O) groups is 1. The normalized spacial score (nSPS) is 18.7. The number of likely N-dealkylation sites (tertiary alicyclic amines) is 2. The Labute approximate surface area is 196 Å². The number of rotatable bonds is 8. The van der Waals surface area contributed by atoms with E-state index in [0.29, 0.717) is 35.8 Å². The SMILES string of the molecule is Nc1cc2c(cc1OCCN1CCCCC1)C(=O)c1cc(OCCN3CCCCC3)ccc1-2. The molecule has 5 rings (SSSR count). The van der Waals surface area contributed by atoms with Crippen LogP contribution in [-0.4, -0.2) is 68.1 Å². The van der Waals surface area contributed by atoms with Gasteiger partial charge < -0.3 is 15.2 Å². The Kier molecular flexibility index (Phi) is 6.83. The molecule has 2 aromatic carbocycles. The number of ketones is 1. The third-order valence-electron chi connectivity index (χ3n) is 7.16. The van der Waals surface area contributed by atoms with Crippen molar-refractivity contribution in [1.82, 2.24) is 9.80 Å². The van der Waals surface area contributed by atoms with Crippen LogP contribution in [0.1, 0.15) is 54.4 Å². The predicted octanol–water partition coefficient (Wildman–Crippen LogP) is 4.21. The topological polar surface area (TPSA) is 68.0 Å². The molecule has 6 heteroatoms. The fourth-order valence-corrected chi connectivity index (χ4v) is 5.26. The average molecular weight is 450 g/mol. The summed E-state index contributed by atoms with van der Waals surface area (Å²) >= 11 is 0. The van der Waals surface area contributed by atoms with Crippen LogP contribution < -0.4 is 15.2 Å². The lowest BCUT2D eigenvalue weighted by Gasteiger charge is -2.26. The van der Waals surface area contributed by atoms with Gasteiger partial charge in [-0.3, -0.25) is 14.6 Å². The number of nitrogens with two attached hydrogens (primary N) is 1. The summed E-state index contributed by atoms with van der Waals surface area (Å²) in [6.45, 7) is 7.64. The first kappa shape index (κ1) is 22.2. The molecule has 2 heterocycles. The summed E-state index contributed by atoms with van der Waals surface area (Å²) in [5, 5.41) is 0. The molecule has 2 fully saturated rings. The molecular weight excluding hydrogens is 414 g/mol. The highest BCUT2D eigenvalue weighted by atomic mass is 16.5. The maximum atomic E-state index is 13.2. The molecule has 0 radical (unpaired) electrons. The van der Waals surface area contributed by atoms with Gasteiger partial charge in [0.25, 0.3) is 0 Å². The monoisotopic (exact) mass is 449 g/mol. The van der Waals surface area contributed by atoms with Gasteiger partial charge >= 0.3 is 0 Å². The maximum Gasteiger partial charge on any atom is 0.194 e. The second-order valence-corrected chi connectivity index (χ2v) is 9.47. The highest BCUT2D eigenvalue weighted by Gasteiger charge is 2.29. The van der Waals surface area contributed by atoms with Gasteiger partial charge in [-0.2, -0.15) is 0 Å². The van der Waals surface area contributed by atoms with Crippen LogP contribution in [0.15, 0.2) is 30.3 Å². The third kappa shape index (κ3) is 5.02. The van der Waals surface area contributed by atoms with Crippen LogP contribution >= 0.6 is 0 Å². The first-order chi connectivity index (χ1) is 16.2. The Morgan fingerprint density at radius 3 is 1.97 bits per heavy atom. The Balaban J connectivity index is 1.22. The van der Waals surface area contributed by atoms with E-state index < -0.39 is 0 Å². The van der Waals surface area contributed by atoms with Crippen LogP contribution in [0.5, 0.6) is 11.5 Å². The minimum absolute atomic E-state index is 0.0161. The molecular formula is C27H35N3O3. The van der Waals surface area contributed by atoms with E-state index in [1.165, 1.54) is 38.5 Å². The Bertz CT molecular complexity index is 994. The van der Waals surface area contributed by atoms with Crippen molar-refractivity contribution in [3.63, 3.8) is 0 Å². The van der Waals surface area contributed by atoms with Gasteiger partial charge in [-0.25, -0.2) is 0 Å². The fraction of sp³-hybridized carbons (Fsp3) is 0.519. The molecule has 0 spiro atoms. The molecule has 0 bridgehead atoms. The molecule has 0 aromatic heterocycles. The number of piperidine rings is 2. The van der Waals surface area contributed by atoms with E-state index in [0.717, 1.165) is 56.1 Å². The van der Waals surface area contributed by atoms with Crippen LogP contribution in [0.3, 0.4) is 0 Å². The van der Waals surface area contributed by atoms with Gasteiger partial charge in [-0.05, 0) is 93.3 Å². The zero-order valence-electron chi connectivity index (χ0n) is 19.5. The van der Waals surface area contributed by atoms with Crippen molar-refractivity contribution >= 4 is 11.5 Å². The zero-order valence-corrected chi connectivity index (χ0v) is 19.5. The molecule has 2 aliphatic heterocycles. The van der Waals surface area contributed by atoms with E-state index in [9.17, 15) is 4.79 Å². The number of anilines is 1. The van der Waals surface area contributed by atoms with Crippen molar-refractivity contribution in [3.05, 3.63) is 41.5 Å². The Hall–Kier alpha value is -2.57. The standard InChI is InChI=1S/C27H35N3O3/c28-25-18-22-21-8-7-20(32-15-13-29-9-3-1-4-10-29)17-23(21)27(31)24(22)19-26(25)33-16-14-30-11-5-2-6-12-30/h7-8,17-19H,1-6,9-16,28H2. The second kappa shape index (κ2) is 10.1. The first-order valence-electron chi connectivity index (χ1n) is 12.5. The van der Waals surface area contributed by atoms with Crippen LogP contribution in [0, 0.1) is 0 Å². The number of hydrogen-bond acceptors (Lipinski definition) is 6. The van der Waals surface area contributed by atoms with Gasteiger partial charge in [0.1, 0.15) is 24.7 Å². The summed E-state index contributed by atoms with van der Waals surface area (Å²) in [4.78, 5) is 18.1. The zero-order chi connectivity index (χ0) is 22.6. The van der Waals surface area contributed by atoms with Gasteiger partial charge in [-0.1, -0.05) is 12.8 Å². The molecule has 0 atom stereocenters. The van der Waals surface area contributed by atoms with Gasteiger partial charge in [0.2, 0.25) is 0 Å². The van der Waals surface area contributed by atoms with E-state index in [1.807, 2.05) is 30.3 Å². The van der Waals surface area contributed by atoms with E-state index in [-0.39, 0.29) is 5.78 Å². The molecule has 2 N–H and O–H groups in total. The molecule has 0 amide bonds. The van der Waals surface area contributed by atoms with Crippen molar-refractivity contribution in [3.8, 4) is 22.6 Å². The van der Waals surface area contributed by atoms with Crippen molar-refractivity contribution in [1.29, 1.82) is 0 Å². The number of nitrogen functional groups attached to an aromatic ring is 1. The highest BCUT2D eigenvalue weighted by Crippen LogP contribution is 2.42. The molecule has 2 saturated heterocycles. The molecule has 0 unspecified atom stereocenters. The van der Waals surface area contributed by atoms with Crippen molar-refractivity contribution < 1.29 is 14.3 Å². The summed E-state index contributed by atoms with van der Waals surface area (Å²) < 4.78 is 12.0. The predicted molar refractivity (Wildman–Crippen MR) is 131 cm³/mol. The molecule has 176 valence electrons. The molecule has 0 saturated carbocycles. The third-order valence-corrected chi connectivity index (χ3v) is 7.16. The molecule has 6 nitrogen and oxygen atoms in total. The summed E-state index contributed by atoms with van der Waals surface area (Å²) in [5.74, 6) is 1.37. The van der Waals surface area contributed by atoms with Gasteiger partial charge in [-0.15, -0.1) is 0 Å². The lowest BCUT2D eigenvalue weighted by Crippen LogP contribution is -2.33. The quantitative estimate of drug-likeness (QED) is 0.520. The number of hydrogen-bond donors (Lipinski definition) is 1. The Morgan fingerprint density at radius 2 is 1.30 bits per heavy atom. The number of nitrogens with zero attached hydrogens (tertiary/aromatic N) is 2. The molecule has 3 aliphatic rings. The van der Waals surface area contributed by atoms with E-state index in [4.69, 9.17) is 15.2 Å². The fourth-order valence-electron chi connectivity index (χ4n) is 5.26. The van der Waals surface area contributed by atoms with E-state index in [2.05, 4.69) is 9.80 Å². The molecule has 33 heavy (non-hydrogen) atoms. The summed E-state index contributed by atoms with van der Waals surface area (Å²) in [7, 11) is 0. The number of fused-ring (bicyclic) bond motifs is 3. The van der Waals surface area contributed by atoms with Crippen molar-refractivity contribution in [2.24, 2.45) is 0 Å². The number of carbonyl (C=O) groups excluding carboxylic acids is 1. The number of ether oxygens (including phenoxy) is 2. The smallest absolute Gasteiger partial charge is 0.194 e. The van der Waals surface area contributed by atoms with Crippen LogP contribution in [0.25, 0.3) is 11.1 Å². The second-order valence-electron chi connectivity index (χ2n) is 9.47. The summed E-state index contributed by atoms with van der Waals surface area (Å²) in [6.07, 6.45) is 7.73. The number of benzene rings is 2. The molecule has 1 aliphatic carbocycles. The van der Waals surface area contributed by atoms with Gasteiger partial charge in [0.05, 0.1) is 5.69 Å². The van der Waals surface area contributed by atoms with Crippen LogP contribution in [0.2, 0.25) is 0 Å².